The van der Waals surface area contributed by atoms with E-state index in [1.165, 1.54) is 12.2 Å². The van der Waals surface area contributed by atoms with Crippen molar-refractivity contribution in [3.63, 3.8) is 0 Å². The van der Waals surface area contributed by atoms with Gasteiger partial charge in [0.2, 0.25) is 5.91 Å². The molecule has 1 saturated heterocycles. The minimum absolute atomic E-state index is 0.0234. The Hall–Kier alpha value is -2.51. The summed E-state index contributed by atoms with van der Waals surface area (Å²) in [5, 5.41) is 16.2. The first kappa shape index (κ1) is 36.7. The van der Waals surface area contributed by atoms with E-state index in [4.69, 9.17) is 24.8 Å². The largest absolute Gasteiger partial charge is 0.490 e. The average molecular weight is 678 g/mol. The number of aromatic amines is 1. The zero-order chi connectivity index (χ0) is 32.3. The maximum atomic E-state index is 12.4. The summed E-state index contributed by atoms with van der Waals surface area (Å²) in [6.07, 6.45) is 0.0949. The minimum atomic E-state index is -5.75. The van der Waals surface area contributed by atoms with Crippen molar-refractivity contribution in [2.45, 2.75) is 37.7 Å². The number of aromatic nitrogens is 2. The number of phosphoric acid groups is 3. The predicted octanol–water partition coefficient (Wildman–Crippen LogP) is -0.235. The van der Waals surface area contributed by atoms with Crippen LogP contribution >= 0.6 is 23.5 Å². The van der Waals surface area contributed by atoms with E-state index >= 15 is 0 Å². The van der Waals surface area contributed by atoms with E-state index in [0.29, 0.717) is 13.0 Å². The molecular weight excluding hydrogens is 649 g/mol. The van der Waals surface area contributed by atoms with Crippen molar-refractivity contribution in [2.75, 3.05) is 32.9 Å². The van der Waals surface area contributed by atoms with Crippen LogP contribution in [0.25, 0.3) is 16.5 Å². The molecule has 25 heteroatoms. The van der Waals surface area contributed by atoms with Gasteiger partial charge in [-0.3, -0.25) is 23.7 Å². The van der Waals surface area contributed by atoms with E-state index in [1.54, 1.807) is 0 Å². The van der Waals surface area contributed by atoms with Crippen molar-refractivity contribution >= 4 is 35.5 Å². The lowest BCUT2D eigenvalue weighted by Crippen LogP contribution is -2.33. The molecule has 0 spiro atoms. The Morgan fingerprint density at radius 2 is 1.93 bits per heavy atom. The first-order chi connectivity index (χ1) is 20.0. The molecule has 5 atom stereocenters. The van der Waals surface area contributed by atoms with E-state index in [-0.39, 0.29) is 44.0 Å². The fourth-order valence-electron chi connectivity index (χ4n) is 3.34. The van der Waals surface area contributed by atoms with E-state index < -0.39 is 59.8 Å². The summed E-state index contributed by atoms with van der Waals surface area (Å²) in [6.45, 7) is -0.182. The normalized spacial score (nSPS) is 21.7. The Bertz CT molecular complexity index is 1450. The van der Waals surface area contributed by atoms with Crippen LogP contribution in [0.1, 0.15) is 31.1 Å². The van der Waals surface area contributed by atoms with Gasteiger partial charge in [-0.15, -0.1) is 0 Å². The van der Waals surface area contributed by atoms with Gasteiger partial charge in [0, 0.05) is 43.6 Å². The van der Waals surface area contributed by atoms with Crippen molar-refractivity contribution in [3.8, 4) is 0 Å². The maximum absolute atomic E-state index is 12.4. The lowest BCUT2D eigenvalue weighted by atomic mass is 10.2. The number of aliphatic hydroxyl groups excluding tert-OH is 1. The standard InChI is InChI=1S/C18H29N6O16P3/c19-23-21-6-2-7-36-8-4-15(26)20-5-1-3-12-10-24(18(28)22-17(12)27)16-9-13(25)14(38-16)11-37-42(32,33)40-43(34,35)39-41(29,30)31/h1,3,10,13-14,16,25H,2,4-9,11H2,(H,20,26)(H,32,33)(H,34,35)(H,22,27,28)(H2,29,30,31)/b3-1+. The molecule has 0 bridgehead atoms. The SMILES string of the molecule is [N-]=[N+]=NCCCOCCC(=O)NC/C=C/c1cn(C2CC(O)C(COP(=O)(O)OP(=O)(O)OP(=O)(O)O)O2)c(=O)[nH]c1=O. The van der Waals surface area contributed by atoms with Crippen molar-refractivity contribution < 1.29 is 65.8 Å². The van der Waals surface area contributed by atoms with Gasteiger partial charge in [0.05, 0.1) is 24.9 Å². The van der Waals surface area contributed by atoms with E-state index in [1.807, 2.05) is 0 Å². The summed E-state index contributed by atoms with van der Waals surface area (Å²) in [5.41, 5.74) is 6.43. The molecule has 0 aromatic carbocycles. The second-order valence-electron chi connectivity index (χ2n) is 8.45. The van der Waals surface area contributed by atoms with Gasteiger partial charge in [0.25, 0.3) is 5.56 Å². The highest BCUT2D eigenvalue weighted by molar-refractivity contribution is 7.66. The number of rotatable bonds is 18. The number of carbonyl (C=O) groups is 1. The second-order valence-corrected chi connectivity index (χ2v) is 12.9. The highest BCUT2D eigenvalue weighted by Crippen LogP contribution is 2.66. The molecule has 2 rings (SSSR count). The van der Waals surface area contributed by atoms with Gasteiger partial charge in [0.1, 0.15) is 12.3 Å². The van der Waals surface area contributed by atoms with Crippen LogP contribution in [0.3, 0.4) is 0 Å². The average Bonchev–Trinajstić information content (AvgIpc) is 3.23. The summed E-state index contributed by atoms with van der Waals surface area (Å²) in [5.74, 6) is -0.339. The number of azide groups is 1. The molecule has 43 heavy (non-hydrogen) atoms. The third kappa shape index (κ3) is 13.8. The molecule has 0 radical (unpaired) electrons. The molecule has 2 heterocycles. The molecule has 242 valence electrons. The van der Waals surface area contributed by atoms with Crippen molar-refractivity contribution in [1.82, 2.24) is 14.9 Å². The lowest BCUT2D eigenvalue weighted by molar-refractivity contribution is -0.121. The third-order valence-electron chi connectivity index (χ3n) is 5.13. The predicted molar refractivity (Wildman–Crippen MR) is 142 cm³/mol. The number of ether oxygens (including phenoxy) is 2. The first-order valence-electron chi connectivity index (χ1n) is 12.0. The van der Waals surface area contributed by atoms with Crippen LogP contribution < -0.4 is 16.6 Å². The number of carbonyl (C=O) groups excluding carboxylic acids is 1. The van der Waals surface area contributed by atoms with E-state index in [9.17, 15) is 43.0 Å². The fraction of sp³-hybridized carbons (Fsp3) is 0.611. The van der Waals surface area contributed by atoms with Crippen LogP contribution in [0, 0.1) is 0 Å². The molecular formula is C18H29N6O16P3. The number of H-pyrrole nitrogens is 1. The zero-order valence-corrected chi connectivity index (χ0v) is 24.7. The Kier molecular flexibility index (Phi) is 14.1. The summed E-state index contributed by atoms with van der Waals surface area (Å²) in [7, 11) is -16.8. The summed E-state index contributed by atoms with van der Waals surface area (Å²) >= 11 is 0. The number of hydrogen-bond donors (Lipinski definition) is 7. The number of hydrogen-bond acceptors (Lipinski definition) is 13. The molecule has 5 unspecified atom stereocenters. The van der Waals surface area contributed by atoms with Crippen molar-refractivity contribution in [2.24, 2.45) is 5.11 Å². The topological polar surface area (TPSA) is 331 Å². The number of aliphatic hydroxyl groups is 1. The minimum Gasteiger partial charge on any atom is -0.390 e. The molecule has 1 aliphatic heterocycles. The molecule has 22 nitrogen and oxygen atoms in total. The summed E-state index contributed by atoms with van der Waals surface area (Å²) in [4.78, 5) is 77.0. The Morgan fingerprint density at radius 1 is 1.21 bits per heavy atom. The smallest absolute Gasteiger partial charge is 0.390 e. The third-order valence-corrected chi connectivity index (χ3v) is 8.93. The highest BCUT2D eigenvalue weighted by Gasteiger charge is 2.43. The molecule has 1 aromatic rings. The number of amides is 1. The molecule has 0 aliphatic carbocycles. The monoisotopic (exact) mass is 678 g/mol. The first-order valence-corrected chi connectivity index (χ1v) is 16.5. The van der Waals surface area contributed by atoms with Crippen LogP contribution in [-0.4, -0.2) is 85.3 Å². The van der Waals surface area contributed by atoms with Crippen LogP contribution in [0.2, 0.25) is 0 Å². The molecule has 1 aromatic heterocycles. The van der Waals surface area contributed by atoms with Crippen molar-refractivity contribution in [3.05, 3.63) is 49.1 Å². The van der Waals surface area contributed by atoms with Gasteiger partial charge >= 0.3 is 29.2 Å². The summed E-state index contributed by atoms with van der Waals surface area (Å²) < 4.78 is 57.3. The van der Waals surface area contributed by atoms with Crippen LogP contribution in [0.4, 0.5) is 0 Å². The zero-order valence-electron chi connectivity index (χ0n) is 22.0. The highest BCUT2D eigenvalue weighted by atomic mass is 31.3. The van der Waals surface area contributed by atoms with Crippen LogP contribution in [0.15, 0.2) is 27.0 Å². The summed E-state index contributed by atoms with van der Waals surface area (Å²) in [6, 6.07) is 0. The quantitative estimate of drug-likeness (QED) is 0.0346. The van der Waals surface area contributed by atoms with Gasteiger partial charge in [-0.25, -0.2) is 18.5 Å². The van der Waals surface area contributed by atoms with E-state index in [2.05, 4.69) is 33.5 Å². The van der Waals surface area contributed by atoms with Gasteiger partial charge in [0.15, 0.2) is 0 Å². The van der Waals surface area contributed by atoms with Crippen LogP contribution in [-0.2, 0) is 41.1 Å². The second kappa shape index (κ2) is 16.5. The Balaban J connectivity index is 1.92. The Morgan fingerprint density at radius 3 is 2.60 bits per heavy atom. The van der Waals surface area contributed by atoms with Gasteiger partial charge in [-0.2, -0.15) is 8.62 Å². The van der Waals surface area contributed by atoms with Crippen molar-refractivity contribution in [1.29, 1.82) is 0 Å². The van der Waals surface area contributed by atoms with Gasteiger partial charge in [-0.05, 0) is 12.0 Å². The molecule has 1 aliphatic rings. The number of nitrogens with one attached hydrogen (secondary N) is 2. The molecule has 1 amide bonds. The van der Waals surface area contributed by atoms with Gasteiger partial charge < -0.3 is 39.5 Å². The molecule has 7 N–H and O–H groups in total. The number of nitrogens with zero attached hydrogens (tertiary/aromatic N) is 4. The van der Waals surface area contributed by atoms with Gasteiger partial charge in [-0.1, -0.05) is 17.3 Å². The van der Waals surface area contributed by atoms with E-state index in [0.717, 1.165) is 10.8 Å². The van der Waals surface area contributed by atoms with Crippen LogP contribution in [0.5, 0.6) is 0 Å². The molecule has 1 fully saturated rings. The lowest BCUT2D eigenvalue weighted by Gasteiger charge is -2.19. The maximum Gasteiger partial charge on any atom is 0.490 e. The molecule has 0 saturated carbocycles. The fourth-order valence-corrected chi connectivity index (χ4v) is 6.37. The Labute approximate surface area is 241 Å². The number of phosphoric ester groups is 1.